The molecule has 4 heterocycles. The first-order chi connectivity index (χ1) is 16.0. The molecule has 3 aliphatic heterocycles. The monoisotopic (exact) mass is 442 g/mol. The van der Waals surface area contributed by atoms with Crippen molar-refractivity contribution < 1.29 is 9.84 Å². The Morgan fingerprint density at radius 1 is 1.12 bits per heavy atom. The van der Waals surface area contributed by atoms with Crippen LogP contribution in [0, 0.1) is 11.8 Å². The molecule has 1 aromatic heterocycles. The van der Waals surface area contributed by atoms with E-state index in [1.54, 1.807) is 0 Å². The molecule has 172 valence electrons. The first-order valence-electron chi connectivity index (χ1n) is 12.1. The SMILES string of the molecule is C=C[C@H]1CN2CC[C@H]1C[C@@H]2[C@H](O[C@H](c1ccccc1)C(C)(C)O)c1ccnc2ccccc12. The van der Waals surface area contributed by atoms with Crippen LogP contribution >= 0.6 is 0 Å². The van der Waals surface area contributed by atoms with Crippen LogP contribution in [-0.2, 0) is 4.74 Å². The summed E-state index contributed by atoms with van der Waals surface area (Å²) in [7, 11) is 0. The van der Waals surface area contributed by atoms with E-state index in [4.69, 9.17) is 4.74 Å². The molecule has 0 amide bonds. The topological polar surface area (TPSA) is 45.6 Å². The van der Waals surface area contributed by atoms with E-state index in [0.29, 0.717) is 11.8 Å². The lowest BCUT2D eigenvalue weighted by molar-refractivity contribution is -0.157. The fraction of sp³-hybridized carbons (Fsp3) is 0.414. The number of piperidine rings is 3. The van der Waals surface area contributed by atoms with E-state index >= 15 is 0 Å². The Hall–Kier alpha value is -2.53. The standard InChI is InChI=1S/C29H34N2O2/c1-4-20-19-31-17-15-22(20)18-26(31)27(24-14-16-30-25-13-9-8-12-23(24)25)33-28(29(2,3)32)21-10-6-5-7-11-21/h4-14,16,20,22,26-28,32H,1,15,17-19H2,2-3H3/t20-,22-,26+,27+,28+/m0/s1. The lowest BCUT2D eigenvalue weighted by Crippen LogP contribution is -2.55. The van der Waals surface area contributed by atoms with Crippen LogP contribution in [0.3, 0.4) is 0 Å². The van der Waals surface area contributed by atoms with Crippen LogP contribution in [-0.4, -0.2) is 39.7 Å². The Kier molecular flexibility index (Phi) is 6.09. The van der Waals surface area contributed by atoms with Crippen molar-refractivity contribution in [2.45, 2.75) is 50.5 Å². The van der Waals surface area contributed by atoms with Crippen molar-refractivity contribution in [3.8, 4) is 0 Å². The van der Waals surface area contributed by atoms with Crippen LogP contribution in [0.2, 0.25) is 0 Å². The van der Waals surface area contributed by atoms with E-state index < -0.39 is 11.7 Å². The zero-order valence-electron chi connectivity index (χ0n) is 19.6. The Labute approximate surface area is 196 Å². The van der Waals surface area contributed by atoms with Gasteiger partial charge in [0.05, 0.1) is 17.2 Å². The summed E-state index contributed by atoms with van der Waals surface area (Å²) >= 11 is 0. The van der Waals surface area contributed by atoms with E-state index in [1.807, 2.05) is 56.4 Å². The molecule has 3 fully saturated rings. The smallest absolute Gasteiger partial charge is 0.111 e. The van der Waals surface area contributed by atoms with Gasteiger partial charge in [0.25, 0.3) is 0 Å². The second-order valence-corrected chi connectivity index (χ2v) is 10.2. The highest BCUT2D eigenvalue weighted by molar-refractivity contribution is 5.82. The molecule has 3 aromatic rings. The van der Waals surface area contributed by atoms with Gasteiger partial charge in [0.15, 0.2) is 0 Å². The van der Waals surface area contributed by atoms with Gasteiger partial charge in [0.1, 0.15) is 6.10 Å². The molecule has 6 atom stereocenters. The van der Waals surface area contributed by atoms with Gasteiger partial charge in [0, 0.05) is 24.2 Å². The molecule has 4 nitrogen and oxygen atoms in total. The lowest BCUT2D eigenvalue weighted by atomic mass is 9.73. The van der Waals surface area contributed by atoms with Crippen molar-refractivity contribution in [3.05, 3.63) is 90.6 Å². The number of benzene rings is 2. The summed E-state index contributed by atoms with van der Waals surface area (Å²) in [5, 5.41) is 12.3. The van der Waals surface area contributed by atoms with Crippen molar-refractivity contribution >= 4 is 10.9 Å². The zero-order chi connectivity index (χ0) is 23.0. The quantitative estimate of drug-likeness (QED) is 0.477. The number of pyridine rings is 1. The van der Waals surface area contributed by atoms with E-state index in [9.17, 15) is 5.11 Å². The van der Waals surface area contributed by atoms with Gasteiger partial charge in [0.2, 0.25) is 0 Å². The normalized spacial score (nSPS) is 26.8. The fourth-order valence-electron chi connectivity index (χ4n) is 5.86. The van der Waals surface area contributed by atoms with Crippen LogP contribution in [0.25, 0.3) is 10.9 Å². The third-order valence-electron chi connectivity index (χ3n) is 7.52. The minimum atomic E-state index is -1.03. The van der Waals surface area contributed by atoms with Crippen molar-refractivity contribution in [1.29, 1.82) is 0 Å². The summed E-state index contributed by atoms with van der Waals surface area (Å²) in [4.78, 5) is 7.18. The maximum absolute atomic E-state index is 11.2. The maximum Gasteiger partial charge on any atom is 0.111 e. The Bertz CT molecular complexity index is 1100. The lowest BCUT2D eigenvalue weighted by Gasteiger charge is -2.52. The van der Waals surface area contributed by atoms with Crippen molar-refractivity contribution in [2.24, 2.45) is 11.8 Å². The molecule has 0 spiro atoms. The number of rotatable bonds is 7. The molecule has 0 saturated carbocycles. The molecule has 1 N–H and O–H groups in total. The minimum Gasteiger partial charge on any atom is -0.387 e. The predicted octanol–water partition coefficient (Wildman–Crippen LogP) is 5.70. The Morgan fingerprint density at radius 2 is 1.88 bits per heavy atom. The third kappa shape index (κ3) is 4.35. The highest BCUT2D eigenvalue weighted by atomic mass is 16.5. The van der Waals surface area contributed by atoms with Gasteiger partial charge in [-0.2, -0.15) is 0 Å². The van der Waals surface area contributed by atoms with Crippen LogP contribution in [0.4, 0.5) is 0 Å². The van der Waals surface area contributed by atoms with Crippen molar-refractivity contribution in [3.63, 3.8) is 0 Å². The molecule has 3 aliphatic rings. The van der Waals surface area contributed by atoms with Gasteiger partial charge in [-0.25, -0.2) is 0 Å². The molecule has 6 rings (SSSR count). The molecular weight excluding hydrogens is 408 g/mol. The van der Waals surface area contributed by atoms with E-state index in [1.165, 1.54) is 6.42 Å². The van der Waals surface area contributed by atoms with E-state index in [-0.39, 0.29) is 12.1 Å². The number of nitrogens with zero attached hydrogens (tertiary/aromatic N) is 2. The Morgan fingerprint density at radius 3 is 2.58 bits per heavy atom. The average molecular weight is 443 g/mol. The van der Waals surface area contributed by atoms with Crippen LogP contribution in [0.1, 0.15) is 50.0 Å². The second-order valence-electron chi connectivity index (χ2n) is 10.2. The largest absolute Gasteiger partial charge is 0.387 e. The highest BCUT2D eigenvalue weighted by Crippen LogP contribution is 2.46. The Balaban J connectivity index is 1.59. The molecule has 1 unspecified atom stereocenters. The first-order valence-corrected chi connectivity index (χ1v) is 12.1. The number of ether oxygens (including phenoxy) is 1. The average Bonchev–Trinajstić information content (AvgIpc) is 2.84. The number of fused-ring (bicyclic) bond motifs is 4. The second kappa shape index (κ2) is 9.02. The van der Waals surface area contributed by atoms with Crippen molar-refractivity contribution in [1.82, 2.24) is 9.88 Å². The van der Waals surface area contributed by atoms with E-state index in [0.717, 1.165) is 41.5 Å². The van der Waals surface area contributed by atoms with Crippen LogP contribution in [0.5, 0.6) is 0 Å². The third-order valence-corrected chi connectivity index (χ3v) is 7.52. The highest BCUT2D eigenvalue weighted by Gasteiger charge is 2.45. The van der Waals surface area contributed by atoms with Gasteiger partial charge in [-0.05, 0) is 68.3 Å². The molecule has 0 aliphatic carbocycles. The molecule has 4 heteroatoms. The summed E-state index contributed by atoms with van der Waals surface area (Å²) < 4.78 is 7.01. The summed E-state index contributed by atoms with van der Waals surface area (Å²) in [5.74, 6) is 1.18. The fourth-order valence-corrected chi connectivity index (χ4v) is 5.86. The molecule has 3 saturated heterocycles. The number of aromatic nitrogens is 1. The number of hydrogen-bond acceptors (Lipinski definition) is 4. The minimum absolute atomic E-state index is 0.178. The van der Waals surface area contributed by atoms with Gasteiger partial charge in [-0.15, -0.1) is 6.58 Å². The molecule has 0 radical (unpaired) electrons. The van der Waals surface area contributed by atoms with Gasteiger partial charge in [-0.1, -0.05) is 54.6 Å². The predicted molar refractivity (Wildman–Crippen MR) is 133 cm³/mol. The zero-order valence-corrected chi connectivity index (χ0v) is 19.6. The first kappa shape index (κ1) is 22.3. The molecule has 33 heavy (non-hydrogen) atoms. The number of hydrogen-bond donors (Lipinski definition) is 1. The van der Waals surface area contributed by atoms with E-state index in [2.05, 4.69) is 46.8 Å². The van der Waals surface area contributed by atoms with Crippen molar-refractivity contribution in [2.75, 3.05) is 13.1 Å². The van der Waals surface area contributed by atoms with Gasteiger partial charge >= 0.3 is 0 Å². The molecule has 2 aromatic carbocycles. The molecular formula is C29H34N2O2. The van der Waals surface area contributed by atoms with Crippen LogP contribution in [0.15, 0.2) is 79.5 Å². The summed E-state index contributed by atoms with van der Waals surface area (Å²) in [6, 6.07) is 20.8. The maximum atomic E-state index is 11.2. The summed E-state index contributed by atoms with van der Waals surface area (Å²) in [5.41, 5.74) is 2.09. The summed E-state index contributed by atoms with van der Waals surface area (Å²) in [6.45, 7) is 9.89. The molecule has 2 bridgehead atoms. The van der Waals surface area contributed by atoms with Crippen LogP contribution < -0.4 is 0 Å². The number of aliphatic hydroxyl groups is 1. The van der Waals surface area contributed by atoms with Gasteiger partial charge < -0.3 is 9.84 Å². The van der Waals surface area contributed by atoms with Gasteiger partial charge in [-0.3, -0.25) is 9.88 Å². The number of para-hydroxylation sites is 1. The summed E-state index contributed by atoms with van der Waals surface area (Å²) in [6.07, 6.45) is 5.68.